The molecule has 0 spiro atoms. The van der Waals surface area contributed by atoms with E-state index in [1.807, 2.05) is 32.0 Å². The molecular formula is C14H18N4O. The first-order valence-electron chi connectivity index (χ1n) is 6.26. The molecule has 0 radical (unpaired) electrons. The van der Waals surface area contributed by atoms with Gasteiger partial charge in [-0.05, 0) is 19.4 Å². The Labute approximate surface area is 112 Å². The summed E-state index contributed by atoms with van der Waals surface area (Å²) in [7, 11) is 0. The van der Waals surface area contributed by atoms with Crippen molar-refractivity contribution in [3.05, 3.63) is 47.2 Å². The molecule has 1 heterocycles. The second kappa shape index (κ2) is 5.56. The Bertz CT molecular complexity index is 576. The highest BCUT2D eigenvalue weighted by Crippen LogP contribution is 2.11. The van der Waals surface area contributed by atoms with E-state index in [0.717, 1.165) is 5.56 Å². The fourth-order valence-electron chi connectivity index (χ4n) is 1.98. The average molecular weight is 258 g/mol. The largest absolute Gasteiger partial charge is 0.382 e. The number of benzene rings is 1. The summed E-state index contributed by atoms with van der Waals surface area (Å²) in [4.78, 5) is 14.0. The number of aromatic amines is 1. The summed E-state index contributed by atoms with van der Waals surface area (Å²) < 4.78 is 0. The Morgan fingerprint density at radius 3 is 2.79 bits per heavy atom. The molecule has 0 fully saturated rings. The van der Waals surface area contributed by atoms with Crippen LogP contribution in [0.25, 0.3) is 0 Å². The van der Waals surface area contributed by atoms with Crippen molar-refractivity contribution in [2.24, 2.45) is 0 Å². The van der Waals surface area contributed by atoms with Crippen molar-refractivity contribution in [2.75, 3.05) is 12.3 Å². The SMILES string of the molecule is CCN(Cc1cccc(C)c1)C(=O)c1cc(N)n[nH]1. The van der Waals surface area contributed by atoms with E-state index >= 15 is 0 Å². The van der Waals surface area contributed by atoms with Gasteiger partial charge in [-0.3, -0.25) is 9.89 Å². The minimum Gasteiger partial charge on any atom is -0.382 e. The van der Waals surface area contributed by atoms with E-state index in [-0.39, 0.29) is 5.91 Å². The summed E-state index contributed by atoms with van der Waals surface area (Å²) in [5, 5.41) is 6.43. The van der Waals surface area contributed by atoms with Gasteiger partial charge in [-0.15, -0.1) is 0 Å². The molecule has 1 aromatic carbocycles. The van der Waals surface area contributed by atoms with Crippen LogP contribution in [0.1, 0.15) is 28.5 Å². The molecule has 100 valence electrons. The lowest BCUT2D eigenvalue weighted by Crippen LogP contribution is -2.30. The van der Waals surface area contributed by atoms with E-state index in [0.29, 0.717) is 24.6 Å². The van der Waals surface area contributed by atoms with Crippen LogP contribution >= 0.6 is 0 Å². The van der Waals surface area contributed by atoms with E-state index < -0.39 is 0 Å². The summed E-state index contributed by atoms with van der Waals surface area (Å²) >= 11 is 0. The van der Waals surface area contributed by atoms with E-state index in [2.05, 4.69) is 16.3 Å². The maximum absolute atomic E-state index is 12.3. The van der Waals surface area contributed by atoms with Crippen LogP contribution in [0.3, 0.4) is 0 Å². The topological polar surface area (TPSA) is 75.0 Å². The minimum atomic E-state index is -0.0896. The summed E-state index contributed by atoms with van der Waals surface area (Å²) in [5.41, 5.74) is 8.24. The molecule has 1 amide bonds. The molecular weight excluding hydrogens is 240 g/mol. The maximum Gasteiger partial charge on any atom is 0.272 e. The zero-order valence-corrected chi connectivity index (χ0v) is 11.2. The third kappa shape index (κ3) is 3.13. The van der Waals surface area contributed by atoms with Crippen molar-refractivity contribution in [1.82, 2.24) is 15.1 Å². The van der Waals surface area contributed by atoms with Gasteiger partial charge < -0.3 is 10.6 Å². The van der Waals surface area contributed by atoms with E-state index in [1.165, 1.54) is 5.56 Å². The van der Waals surface area contributed by atoms with Crippen LogP contribution in [0.4, 0.5) is 5.82 Å². The summed E-state index contributed by atoms with van der Waals surface area (Å²) in [5.74, 6) is 0.239. The highest BCUT2D eigenvalue weighted by Gasteiger charge is 2.16. The van der Waals surface area contributed by atoms with Gasteiger partial charge >= 0.3 is 0 Å². The Kier molecular flexibility index (Phi) is 3.85. The Morgan fingerprint density at radius 2 is 2.21 bits per heavy atom. The van der Waals surface area contributed by atoms with Crippen molar-refractivity contribution in [3.8, 4) is 0 Å². The fraction of sp³-hybridized carbons (Fsp3) is 0.286. The van der Waals surface area contributed by atoms with Crippen LogP contribution in [-0.4, -0.2) is 27.5 Å². The quantitative estimate of drug-likeness (QED) is 0.880. The van der Waals surface area contributed by atoms with E-state index in [9.17, 15) is 4.79 Å². The fourth-order valence-corrected chi connectivity index (χ4v) is 1.98. The van der Waals surface area contributed by atoms with E-state index in [1.54, 1.807) is 11.0 Å². The number of aromatic nitrogens is 2. The molecule has 3 N–H and O–H groups in total. The van der Waals surface area contributed by atoms with Crippen molar-refractivity contribution < 1.29 is 4.79 Å². The van der Waals surface area contributed by atoms with Crippen LogP contribution in [0.15, 0.2) is 30.3 Å². The van der Waals surface area contributed by atoms with Gasteiger partial charge in [0, 0.05) is 19.2 Å². The third-order valence-electron chi connectivity index (χ3n) is 2.95. The zero-order valence-electron chi connectivity index (χ0n) is 11.2. The summed E-state index contributed by atoms with van der Waals surface area (Å²) in [6.07, 6.45) is 0. The lowest BCUT2D eigenvalue weighted by Gasteiger charge is -2.20. The number of nitrogen functional groups attached to an aromatic ring is 1. The van der Waals surface area contributed by atoms with E-state index in [4.69, 9.17) is 5.73 Å². The smallest absolute Gasteiger partial charge is 0.272 e. The molecule has 2 aromatic rings. The number of nitrogens with two attached hydrogens (primary N) is 1. The first kappa shape index (κ1) is 13.1. The van der Waals surface area contributed by atoms with Crippen molar-refractivity contribution in [1.29, 1.82) is 0 Å². The van der Waals surface area contributed by atoms with Gasteiger partial charge in [0.15, 0.2) is 0 Å². The molecule has 5 nitrogen and oxygen atoms in total. The summed E-state index contributed by atoms with van der Waals surface area (Å²) in [6, 6.07) is 9.69. The number of carbonyl (C=O) groups is 1. The van der Waals surface area contributed by atoms with Crippen LogP contribution < -0.4 is 5.73 Å². The second-order valence-corrected chi connectivity index (χ2v) is 4.51. The van der Waals surface area contributed by atoms with Crippen LogP contribution in [0.5, 0.6) is 0 Å². The first-order chi connectivity index (χ1) is 9.10. The van der Waals surface area contributed by atoms with Crippen molar-refractivity contribution in [2.45, 2.75) is 20.4 Å². The minimum absolute atomic E-state index is 0.0896. The molecule has 0 saturated heterocycles. The Hall–Kier alpha value is -2.30. The molecule has 0 unspecified atom stereocenters. The average Bonchev–Trinajstić information content (AvgIpc) is 2.82. The third-order valence-corrected chi connectivity index (χ3v) is 2.95. The molecule has 0 saturated carbocycles. The standard InChI is InChI=1S/C14H18N4O/c1-3-18(9-11-6-4-5-10(2)7-11)14(19)12-8-13(15)17-16-12/h4-8H,3,9H2,1-2H3,(H3,15,16,17). The molecule has 2 rings (SSSR count). The van der Waals surface area contributed by atoms with Crippen LogP contribution in [-0.2, 0) is 6.54 Å². The highest BCUT2D eigenvalue weighted by atomic mass is 16.2. The monoisotopic (exact) mass is 258 g/mol. The predicted octanol–water partition coefficient (Wildman–Crippen LogP) is 1.96. The van der Waals surface area contributed by atoms with Gasteiger partial charge in [0.05, 0.1) is 0 Å². The molecule has 0 bridgehead atoms. The Morgan fingerprint density at radius 1 is 1.42 bits per heavy atom. The number of aryl methyl sites for hydroxylation is 1. The molecule has 19 heavy (non-hydrogen) atoms. The van der Waals surface area contributed by atoms with Gasteiger partial charge in [-0.25, -0.2) is 0 Å². The number of nitrogens with zero attached hydrogens (tertiary/aromatic N) is 2. The molecule has 0 aliphatic rings. The molecule has 1 aromatic heterocycles. The highest BCUT2D eigenvalue weighted by molar-refractivity contribution is 5.92. The lowest BCUT2D eigenvalue weighted by molar-refractivity contribution is 0.0746. The molecule has 5 heteroatoms. The number of nitrogens with one attached hydrogen (secondary N) is 1. The lowest BCUT2D eigenvalue weighted by atomic mass is 10.1. The number of anilines is 1. The van der Waals surface area contributed by atoms with Gasteiger partial charge in [0.2, 0.25) is 0 Å². The number of hydrogen-bond acceptors (Lipinski definition) is 3. The van der Waals surface area contributed by atoms with Gasteiger partial charge in [-0.1, -0.05) is 29.8 Å². The number of H-pyrrole nitrogens is 1. The molecule has 0 atom stereocenters. The number of amides is 1. The normalized spacial score (nSPS) is 10.4. The van der Waals surface area contributed by atoms with Crippen LogP contribution in [0.2, 0.25) is 0 Å². The zero-order chi connectivity index (χ0) is 13.8. The van der Waals surface area contributed by atoms with Gasteiger partial charge in [0.1, 0.15) is 11.5 Å². The number of hydrogen-bond donors (Lipinski definition) is 2. The van der Waals surface area contributed by atoms with Crippen LogP contribution in [0, 0.1) is 6.92 Å². The molecule has 0 aliphatic carbocycles. The molecule has 0 aliphatic heterocycles. The van der Waals surface area contributed by atoms with Gasteiger partial charge in [-0.2, -0.15) is 5.10 Å². The Balaban J connectivity index is 2.14. The first-order valence-corrected chi connectivity index (χ1v) is 6.26. The van der Waals surface area contributed by atoms with Crippen molar-refractivity contribution >= 4 is 11.7 Å². The second-order valence-electron chi connectivity index (χ2n) is 4.51. The predicted molar refractivity (Wildman–Crippen MR) is 74.6 cm³/mol. The van der Waals surface area contributed by atoms with Gasteiger partial charge in [0.25, 0.3) is 5.91 Å². The number of rotatable bonds is 4. The number of carbonyl (C=O) groups excluding carboxylic acids is 1. The van der Waals surface area contributed by atoms with Crippen molar-refractivity contribution in [3.63, 3.8) is 0 Å². The summed E-state index contributed by atoms with van der Waals surface area (Å²) in [6.45, 7) is 5.20. The maximum atomic E-state index is 12.3.